The Labute approximate surface area is 156 Å². The molecule has 8 heteroatoms. The third-order valence-electron chi connectivity index (χ3n) is 4.76. The van der Waals surface area contributed by atoms with Crippen molar-refractivity contribution in [2.45, 2.75) is 12.5 Å². The monoisotopic (exact) mass is 389 g/mol. The molecule has 0 bridgehead atoms. The highest BCUT2D eigenvalue weighted by Gasteiger charge is 2.32. The third-order valence-corrected chi connectivity index (χ3v) is 7.68. The highest BCUT2D eigenvalue weighted by molar-refractivity contribution is 7.91. The van der Waals surface area contributed by atoms with Crippen molar-refractivity contribution in [1.82, 2.24) is 9.97 Å². The molecule has 0 spiro atoms. The van der Waals surface area contributed by atoms with E-state index in [0.717, 1.165) is 32.2 Å². The van der Waals surface area contributed by atoms with E-state index in [4.69, 9.17) is 4.74 Å². The molecule has 0 saturated carbocycles. The van der Waals surface area contributed by atoms with Crippen LogP contribution in [-0.4, -0.2) is 50.1 Å². The van der Waals surface area contributed by atoms with Crippen molar-refractivity contribution in [1.29, 1.82) is 0 Å². The maximum Gasteiger partial charge on any atom is 0.152 e. The fourth-order valence-corrected chi connectivity index (χ4v) is 6.17. The maximum absolute atomic E-state index is 11.8. The Morgan fingerprint density at radius 3 is 2.65 bits per heavy atom. The van der Waals surface area contributed by atoms with Gasteiger partial charge < -0.3 is 9.64 Å². The first-order valence-electron chi connectivity index (χ1n) is 8.29. The van der Waals surface area contributed by atoms with Gasteiger partial charge >= 0.3 is 0 Å². The molecular formula is C18H19N3O3S2. The Balaban J connectivity index is 1.71. The van der Waals surface area contributed by atoms with Crippen LogP contribution in [0.1, 0.15) is 6.42 Å². The first-order chi connectivity index (χ1) is 12.5. The summed E-state index contributed by atoms with van der Waals surface area (Å²) in [5, 5.41) is 0. The number of anilines is 1. The molecule has 6 nitrogen and oxygen atoms in total. The van der Waals surface area contributed by atoms with E-state index in [0.29, 0.717) is 6.42 Å². The van der Waals surface area contributed by atoms with Crippen molar-refractivity contribution >= 4 is 37.2 Å². The van der Waals surface area contributed by atoms with Gasteiger partial charge in [0, 0.05) is 18.0 Å². The van der Waals surface area contributed by atoms with Gasteiger partial charge in [0.1, 0.15) is 17.9 Å². The number of ether oxygens (including phenoxy) is 1. The molecule has 0 radical (unpaired) electrons. The van der Waals surface area contributed by atoms with E-state index in [9.17, 15) is 8.42 Å². The van der Waals surface area contributed by atoms with Gasteiger partial charge in [-0.15, -0.1) is 11.3 Å². The number of hydrogen-bond acceptors (Lipinski definition) is 7. The summed E-state index contributed by atoms with van der Waals surface area (Å²) in [5.41, 5.74) is 1.96. The minimum atomic E-state index is -2.94. The quantitative estimate of drug-likeness (QED) is 0.683. The predicted octanol–water partition coefficient (Wildman–Crippen LogP) is 2.99. The zero-order valence-corrected chi connectivity index (χ0v) is 16.2. The van der Waals surface area contributed by atoms with E-state index >= 15 is 0 Å². The lowest BCUT2D eigenvalue weighted by atomic mass is 10.2. The Morgan fingerprint density at radius 2 is 2.00 bits per heavy atom. The fraction of sp³-hybridized carbons (Fsp3) is 0.333. The molecule has 1 atom stereocenters. The first kappa shape index (κ1) is 17.2. The summed E-state index contributed by atoms with van der Waals surface area (Å²) < 4.78 is 29.8. The number of methoxy groups -OCH3 is 1. The lowest BCUT2D eigenvalue weighted by molar-refractivity contribution is 0.415. The Morgan fingerprint density at radius 1 is 1.23 bits per heavy atom. The number of aromatic nitrogens is 2. The molecule has 1 saturated heterocycles. The number of fused-ring (bicyclic) bond motifs is 1. The van der Waals surface area contributed by atoms with Crippen LogP contribution in [0.5, 0.6) is 5.75 Å². The molecular weight excluding hydrogens is 370 g/mol. The molecule has 0 aliphatic carbocycles. The summed E-state index contributed by atoms with van der Waals surface area (Å²) in [7, 11) is 0.625. The minimum absolute atomic E-state index is 0.0374. The summed E-state index contributed by atoms with van der Waals surface area (Å²) in [6.45, 7) is 0. The second-order valence-corrected chi connectivity index (χ2v) is 9.70. The van der Waals surface area contributed by atoms with Crippen LogP contribution in [0.25, 0.3) is 20.7 Å². The van der Waals surface area contributed by atoms with E-state index in [-0.39, 0.29) is 17.5 Å². The number of benzene rings is 1. The summed E-state index contributed by atoms with van der Waals surface area (Å²) in [6.07, 6.45) is 2.18. The van der Waals surface area contributed by atoms with Crippen LogP contribution in [0.15, 0.2) is 36.7 Å². The highest BCUT2D eigenvalue weighted by Crippen LogP contribution is 2.38. The Bertz CT molecular complexity index is 1050. The van der Waals surface area contributed by atoms with Gasteiger partial charge in [0.05, 0.1) is 28.8 Å². The molecule has 1 fully saturated rings. The van der Waals surface area contributed by atoms with Gasteiger partial charge in [-0.2, -0.15) is 0 Å². The van der Waals surface area contributed by atoms with E-state index in [2.05, 4.69) is 9.97 Å². The van der Waals surface area contributed by atoms with Crippen molar-refractivity contribution in [3.8, 4) is 16.2 Å². The summed E-state index contributed by atoms with van der Waals surface area (Å²) in [6, 6.07) is 9.91. The van der Waals surface area contributed by atoms with Crippen LogP contribution < -0.4 is 9.64 Å². The third kappa shape index (κ3) is 3.14. The molecule has 26 heavy (non-hydrogen) atoms. The molecule has 2 aromatic heterocycles. The Kier molecular flexibility index (Phi) is 4.32. The highest BCUT2D eigenvalue weighted by atomic mass is 32.2. The van der Waals surface area contributed by atoms with Crippen molar-refractivity contribution < 1.29 is 13.2 Å². The summed E-state index contributed by atoms with van der Waals surface area (Å²) in [5.74, 6) is 2.04. The van der Waals surface area contributed by atoms with Crippen LogP contribution in [0.4, 0.5) is 5.82 Å². The van der Waals surface area contributed by atoms with Gasteiger partial charge in [-0.25, -0.2) is 18.4 Å². The number of rotatable bonds is 4. The molecule has 1 aromatic carbocycles. The van der Waals surface area contributed by atoms with E-state index in [1.807, 2.05) is 42.3 Å². The predicted molar refractivity (Wildman–Crippen MR) is 105 cm³/mol. The number of sulfone groups is 1. The number of hydrogen-bond donors (Lipinski definition) is 0. The summed E-state index contributed by atoms with van der Waals surface area (Å²) in [4.78, 5) is 11.9. The zero-order chi connectivity index (χ0) is 18.3. The molecule has 3 aromatic rings. The van der Waals surface area contributed by atoms with E-state index < -0.39 is 9.84 Å². The number of thiophene rings is 1. The average molecular weight is 390 g/mol. The molecule has 3 heterocycles. The van der Waals surface area contributed by atoms with Crippen LogP contribution in [0.3, 0.4) is 0 Å². The van der Waals surface area contributed by atoms with Gasteiger partial charge in [0.25, 0.3) is 0 Å². The van der Waals surface area contributed by atoms with Crippen molar-refractivity contribution in [2.75, 3.05) is 30.6 Å². The van der Waals surface area contributed by atoms with E-state index in [1.54, 1.807) is 24.8 Å². The fourth-order valence-electron chi connectivity index (χ4n) is 3.24. The largest absolute Gasteiger partial charge is 0.497 e. The molecule has 1 aliphatic heterocycles. The molecule has 0 N–H and O–H groups in total. The molecule has 0 unspecified atom stereocenters. The SMILES string of the molecule is COc1ccc(-c2cc3ncnc(N(C)[C@H]4CCS(=O)(=O)C4)c3s2)cc1. The standard InChI is InChI=1S/C18H19N3O3S2/c1-21(13-7-8-26(22,23)10-13)18-17-15(19-11-20-18)9-16(25-17)12-3-5-14(24-2)6-4-12/h3-6,9,11,13H,7-8,10H2,1-2H3/t13-/m0/s1. The van der Waals surface area contributed by atoms with Crippen molar-refractivity contribution in [3.05, 3.63) is 36.7 Å². The van der Waals surface area contributed by atoms with Gasteiger partial charge in [-0.05, 0) is 42.3 Å². The summed E-state index contributed by atoms with van der Waals surface area (Å²) >= 11 is 1.62. The van der Waals surface area contributed by atoms with Gasteiger partial charge in [-0.3, -0.25) is 0 Å². The zero-order valence-electron chi connectivity index (χ0n) is 14.5. The van der Waals surface area contributed by atoms with Gasteiger partial charge in [0.2, 0.25) is 0 Å². The molecule has 1 aliphatic rings. The van der Waals surface area contributed by atoms with Crippen LogP contribution in [0.2, 0.25) is 0 Å². The maximum atomic E-state index is 11.8. The number of nitrogens with zero attached hydrogens (tertiary/aromatic N) is 3. The minimum Gasteiger partial charge on any atom is -0.497 e. The lowest BCUT2D eigenvalue weighted by Crippen LogP contribution is -2.33. The second-order valence-electron chi connectivity index (χ2n) is 6.42. The van der Waals surface area contributed by atoms with Crippen LogP contribution >= 0.6 is 11.3 Å². The normalized spacial score (nSPS) is 18.9. The van der Waals surface area contributed by atoms with Crippen LogP contribution in [0, 0.1) is 0 Å². The molecule has 4 rings (SSSR count). The van der Waals surface area contributed by atoms with E-state index in [1.165, 1.54) is 0 Å². The lowest BCUT2D eigenvalue weighted by Gasteiger charge is -2.24. The molecule has 0 amide bonds. The van der Waals surface area contributed by atoms with Crippen molar-refractivity contribution in [3.63, 3.8) is 0 Å². The van der Waals surface area contributed by atoms with Gasteiger partial charge in [0.15, 0.2) is 9.84 Å². The average Bonchev–Trinajstić information content (AvgIpc) is 3.24. The van der Waals surface area contributed by atoms with Crippen molar-refractivity contribution in [2.24, 2.45) is 0 Å². The van der Waals surface area contributed by atoms with Crippen LogP contribution in [-0.2, 0) is 9.84 Å². The topological polar surface area (TPSA) is 72.4 Å². The second kappa shape index (κ2) is 6.51. The molecule has 136 valence electrons. The Hall–Kier alpha value is -2.19. The van der Waals surface area contributed by atoms with Gasteiger partial charge in [-0.1, -0.05) is 0 Å². The smallest absolute Gasteiger partial charge is 0.152 e. The first-order valence-corrected chi connectivity index (χ1v) is 10.9.